The van der Waals surface area contributed by atoms with Crippen LogP contribution >= 0.6 is 0 Å². The first-order valence-electron chi connectivity index (χ1n) is 19.6. The molecule has 256 valence electrons. The Morgan fingerprint density at radius 2 is 1.26 bits per heavy atom. The van der Waals surface area contributed by atoms with Crippen molar-refractivity contribution in [3.05, 3.63) is 0 Å². The van der Waals surface area contributed by atoms with Crippen LogP contribution in [-0.2, 0) is 0 Å². The van der Waals surface area contributed by atoms with Crippen molar-refractivity contribution in [2.75, 3.05) is 13.1 Å². The summed E-state index contributed by atoms with van der Waals surface area (Å²) in [4.78, 5) is 0. The maximum absolute atomic E-state index is 3.49. The van der Waals surface area contributed by atoms with Crippen LogP contribution in [0.4, 0.5) is 0 Å². The molecule has 2 aliphatic carbocycles. The zero-order chi connectivity index (χ0) is 32.2. The minimum Gasteiger partial charge on any atom is -0.325 e. The van der Waals surface area contributed by atoms with Crippen molar-refractivity contribution in [3.8, 4) is 0 Å². The molecule has 0 amide bonds. The number of nitrogens with zero attached hydrogens (tertiary/aromatic N) is 4. The molecule has 0 aromatic carbocycles. The Hall–Kier alpha value is 1.14. The summed E-state index contributed by atoms with van der Waals surface area (Å²) in [5, 5.41) is 0. The van der Waals surface area contributed by atoms with E-state index in [1.165, 1.54) is 111 Å². The average Bonchev–Trinajstić information content (AvgIpc) is 3.52. The predicted octanol–water partition coefficient (Wildman–Crippen LogP) is 4.55. The van der Waals surface area contributed by atoms with Gasteiger partial charge in [-0.25, -0.2) is 0 Å². The second-order valence-electron chi connectivity index (χ2n) is 15.5. The zero-order valence-electron chi connectivity index (χ0n) is 31.6. The van der Waals surface area contributed by atoms with E-state index >= 15 is 0 Å². The molecule has 0 aromatic heterocycles. The van der Waals surface area contributed by atoms with Crippen LogP contribution in [0.2, 0.25) is 17.0 Å². The Morgan fingerprint density at radius 1 is 0.721 bits per heavy atom. The Balaban J connectivity index is 2.88. The lowest BCUT2D eigenvalue weighted by Crippen LogP contribution is -2.83. The van der Waals surface area contributed by atoms with Crippen LogP contribution in [0, 0.1) is 0 Å². The molecule has 10 heteroatoms. The van der Waals surface area contributed by atoms with Crippen LogP contribution in [0.3, 0.4) is 0 Å². The third-order valence-electron chi connectivity index (χ3n) is 11.6. The summed E-state index contributed by atoms with van der Waals surface area (Å²) < 4.78 is 13.4. The third kappa shape index (κ3) is 10.3. The number of hydrogen-bond acceptors (Lipinski definition) is 4. The average molecular weight is 702 g/mol. The minimum atomic E-state index is -1.95. The quantitative estimate of drug-likeness (QED) is 0.163. The first-order valence-corrected chi connectivity index (χ1v) is 33.3. The summed E-state index contributed by atoms with van der Waals surface area (Å²) >= 11 is 0. The first kappa shape index (κ1) is 40.3. The predicted molar refractivity (Wildman–Crippen MR) is 215 cm³/mol. The second kappa shape index (κ2) is 20.5. The van der Waals surface area contributed by atoms with Crippen molar-refractivity contribution < 1.29 is 0 Å². The van der Waals surface area contributed by atoms with Crippen molar-refractivity contribution in [2.24, 2.45) is 0 Å². The third-order valence-corrected chi connectivity index (χ3v) is 54.6. The molecule has 0 heterocycles. The van der Waals surface area contributed by atoms with E-state index < -0.39 is 24.9 Å². The molecule has 2 aliphatic rings. The van der Waals surface area contributed by atoms with E-state index in [9.17, 15) is 0 Å². The maximum Gasteiger partial charge on any atom is 0.203 e. The Labute approximate surface area is 284 Å². The van der Waals surface area contributed by atoms with Crippen LogP contribution in [-0.4, -0.2) is 122 Å². The van der Waals surface area contributed by atoms with E-state index in [2.05, 4.69) is 87.5 Å². The van der Waals surface area contributed by atoms with E-state index in [1.807, 2.05) is 0 Å². The second-order valence-corrected chi connectivity index (χ2v) is 40.3. The highest BCUT2D eigenvalue weighted by Crippen LogP contribution is 2.39. The lowest BCUT2D eigenvalue weighted by atomic mass is 9.95. The van der Waals surface area contributed by atoms with Gasteiger partial charge >= 0.3 is 0 Å². The van der Waals surface area contributed by atoms with Gasteiger partial charge in [-0.05, 0) is 81.8 Å². The van der Waals surface area contributed by atoms with E-state index in [-0.39, 0.29) is 9.04 Å². The largest absolute Gasteiger partial charge is 0.325 e. The molecule has 0 N–H and O–H groups in total. The highest BCUT2D eigenvalue weighted by atomic mass is 29.3. The molecule has 2 saturated carbocycles. The minimum absolute atomic E-state index is 0.140. The van der Waals surface area contributed by atoms with Gasteiger partial charge < -0.3 is 18.3 Å². The Morgan fingerprint density at radius 3 is 1.70 bits per heavy atom. The van der Waals surface area contributed by atoms with Crippen molar-refractivity contribution in [3.63, 3.8) is 0 Å². The van der Waals surface area contributed by atoms with Gasteiger partial charge in [-0.1, -0.05) is 113 Å². The van der Waals surface area contributed by atoms with Crippen LogP contribution in [0.15, 0.2) is 0 Å². The molecule has 0 spiro atoms. The van der Waals surface area contributed by atoms with Gasteiger partial charge in [0, 0.05) is 47.6 Å². The van der Waals surface area contributed by atoms with E-state index in [4.69, 9.17) is 0 Å². The molecule has 43 heavy (non-hydrogen) atoms. The monoisotopic (exact) mass is 700 g/mol. The summed E-state index contributed by atoms with van der Waals surface area (Å²) in [5.41, 5.74) is 4.99. The van der Waals surface area contributed by atoms with Crippen LogP contribution in [0.25, 0.3) is 0 Å². The molecule has 0 bridgehead atoms. The van der Waals surface area contributed by atoms with Crippen LogP contribution in [0.1, 0.15) is 146 Å². The Bertz CT molecular complexity index is 726. The lowest BCUT2D eigenvalue weighted by Gasteiger charge is -2.61. The molecule has 4 atom stereocenters. The molecule has 4 nitrogen and oxygen atoms in total. The first-order chi connectivity index (χ1) is 20.5. The zero-order valence-corrected chi connectivity index (χ0v) is 40.4. The molecular weight excluding hydrogens is 621 g/mol. The van der Waals surface area contributed by atoms with Gasteiger partial charge in [0.1, 0.15) is 8.48 Å². The molecule has 0 aromatic rings. The topological polar surface area (TPSA) is 13.0 Å². The van der Waals surface area contributed by atoms with E-state index in [0.29, 0.717) is 6.04 Å². The molecule has 0 aliphatic heterocycles. The van der Waals surface area contributed by atoms with Gasteiger partial charge in [0.15, 0.2) is 0 Å². The standard InChI is InChI=1S/C33H80N4Si6/c1-11-23-34(32-19-17-18-20-32)42(26-39)43(37(30(8)9)31(10)13-3,35(24-12-2)33-21-15-14-16-22-33)27-40-41(25-38)36(28(4)5)29(6)7/h28-33,41-42H,11-27,40H2,1-10,38-39H3. The molecule has 0 radical (unpaired) electrons. The molecule has 0 saturated heterocycles. The maximum atomic E-state index is 3.49. The fourth-order valence-corrected chi connectivity index (χ4v) is 67.5. The summed E-state index contributed by atoms with van der Waals surface area (Å²) in [6, 6.07) is 4.65. The van der Waals surface area contributed by atoms with Crippen LogP contribution < -0.4 is 0 Å². The van der Waals surface area contributed by atoms with Crippen LogP contribution in [0.5, 0.6) is 0 Å². The van der Waals surface area contributed by atoms with Crippen molar-refractivity contribution in [1.29, 1.82) is 0 Å². The highest BCUT2D eigenvalue weighted by molar-refractivity contribution is 7.35. The summed E-state index contributed by atoms with van der Waals surface area (Å²) in [5.74, 6) is 0. The summed E-state index contributed by atoms with van der Waals surface area (Å²) in [7, 11) is -1.34. The number of hydrogen-bond donors (Lipinski definition) is 0. The fraction of sp³-hybridized carbons (Fsp3) is 1.00. The van der Waals surface area contributed by atoms with Gasteiger partial charge in [-0.15, -0.1) is 0 Å². The van der Waals surface area contributed by atoms with Gasteiger partial charge in [0.25, 0.3) is 0 Å². The normalized spacial score (nSPS) is 21.7. The van der Waals surface area contributed by atoms with Gasteiger partial charge in [0.2, 0.25) is 7.91 Å². The van der Waals surface area contributed by atoms with Gasteiger partial charge in [0.05, 0.1) is 8.48 Å². The SMILES string of the molecule is CCCN(C1CCCC1)[SiH](C[SiH3])[Si](C[SiH2][SiH](C[SiH3])N(C(C)C)C(C)C)(N(CCC)C1CCCCC1)N(C(C)C)C(C)CC. The van der Waals surface area contributed by atoms with Crippen molar-refractivity contribution in [2.45, 2.75) is 200 Å². The molecule has 2 rings (SSSR count). The highest BCUT2D eigenvalue weighted by Gasteiger charge is 2.57. The fourth-order valence-electron chi connectivity index (χ4n) is 10.1. The van der Waals surface area contributed by atoms with E-state index in [0.717, 1.165) is 30.2 Å². The lowest BCUT2D eigenvalue weighted by molar-refractivity contribution is 0.187. The van der Waals surface area contributed by atoms with Crippen molar-refractivity contribution >= 4 is 54.4 Å². The van der Waals surface area contributed by atoms with Gasteiger partial charge in [-0.2, -0.15) is 0 Å². The van der Waals surface area contributed by atoms with Crippen molar-refractivity contribution in [1.82, 2.24) is 18.3 Å². The summed E-state index contributed by atoms with van der Waals surface area (Å²) in [6.45, 7) is 28.4. The number of rotatable bonds is 21. The smallest absolute Gasteiger partial charge is 0.203 e. The molecular formula is C33H80N4Si6. The Kier molecular flexibility index (Phi) is 19.2. The molecule has 2 fully saturated rings. The molecule has 4 unspecified atom stereocenters. The van der Waals surface area contributed by atoms with E-state index in [1.54, 1.807) is 17.0 Å². The summed E-state index contributed by atoms with van der Waals surface area (Å²) in [6.07, 6.45) is 17.5. The van der Waals surface area contributed by atoms with Gasteiger partial charge in [-0.3, -0.25) is 0 Å².